The van der Waals surface area contributed by atoms with E-state index >= 15 is 0 Å². The normalized spacial score (nSPS) is 10.7. The van der Waals surface area contributed by atoms with Gasteiger partial charge in [0, 0.05) is 9.35 Å². The fourth-order valence-electron chi connectivity index (χ4n) is 2.10. The second-order valence-electron chi connectivity index (χ2n) is 4.38. The molecule has 2 N–H and O–H groups in total. The lowest BCUT2D eigenvalue weighted by molar-refractivity contribution is 0.0533. The number of rotatable bonds is 4. The van der Waals surface area contributed by atoms with Crippen LogP contribution in [0.1, 0.15) is 29.1 Å². The zero-order valence-corrected chi connectivity index (χ0v) is 14.1. The molecule has 1 heterocycles. The maximum absolute atomic E-state index is 13.6. The van der Waals surface area contributed by atoms with Gasteiger partial charge in [0.05, 0.1) is 12.3 Å². The number of anilines is 1. The first-order valence-electron chi connectivity index (χ1n) is 6.52. The van der Waals surface area contributed by atoms with E-state index < -0.39 is 5.97 Å². The van der Waals surface area contributed by atoms with Crippen molar-refractivity contribution in [3.63, 3.8) is 0 Å². The number of benzene rings is 1. The summed E-state index contributed by atoms with van der Waals surface area (Å²) < 4.78 is 19.2. The average molecular weight is 372 g/mol. The summed E-state index contributed by atoms with van der Waals surface area (Å²) >= 11 is 4.52. The molecule has 0 amide bonds. The van der Waals surface area contributed by atoms with Crippen molar-refractivity contribution in [2.75, 3.05) is 12.3 Å². The lowest BCUT2D eigenvalue weighted by atomic mass is 10.1. The van der Waals surface area contributed by atoms with Crippen molar-refractivity contribution in [3.8, 4) is 10.4 Å². The van der Waals surface area contributed by atoms with E-state index in [1.807, 2.05) is 13.0 Å². The standard InChI is InChI=1S/C15H15BrFNO2S/c1-3-11-12(18)14(15(19)20-4-2)21-13(11)8-5-9(16)7-10(17)6-8/h5-7H,3-4,18H2,1-2H3. The van der Waals surface area contributed by atoms with Gasteiger partial charge in [-0.2, -0.15) is 0 Å². The Hall–Kier alpha value is -1.40. The highest BCUT2D eigenvalue weighted by molar-refractivity contribution is 9.10. The van der Waals surface area contributed by atoms with E-state index in [0.717, 1.165) is 10.4 Å². The van der Waals surface area contributed by atoms with Crippen LogP contribution >= 0.6 is 27.3 Å². The van der Waals surface area contributed by atoms with Crippen LogP contribution < -0.4 is 5.73 Å². The molecule has 1 aromatic heterocycles. The number of hydrogen-bond acceptors (Lipinski definition) is 4. The Morgan fingerprint density at radius 3 is 2.67 bits per heavy atom. The molecule has 2 aromatic rings. The third-order valence-electron chi connectivity index (χ3n) is 2.99. The van der Waals surface area contributed by atoms with Gasteiger partial charge in [0.25, 0.3) is 0 Å². The third-order valence-corrected chi connectivity index (χ3v) is 4.72. The van der Waals surface area contributed by atoms with Gasteiger partial charge in [-0.3, -0.25) is 0 Å². The van der Waals surface area contributed by atoms with E-state index in [1.165, 1.54) is 23.5 Å². The van der Waals surface area contributed by atoms with Crippen LogP contribution in [-0.2, 0) is 11.2 Å². The summed E-state index contributed by atoms with van der Waals surface area (Å²) in [5.41, 5.74) is 8.04. The zero-order chi connectivity index (χ0) is 15.6. The summed E-state index contributed by atoms with van der Waals surface area (Å²) in [5, 5.41) is 0. The average Bonchev–Trinajstić information content (AvgIpc) is 2.75. The summed E-state index contributed by atoms with van der Waals surface area (Å²) in [7, 11) is 0. The number of esters is 1. The van der Waals surface area contributed by atoms with Gasteiger partial charge >= 0.3 is 5.97 Å². The third kappa shape index (κ3) is 3.27. The summed E-state index contributed by atoms with van der Waals surface area (Å²) in [6.07, 6.45) is 0.658. The second kappa shape index (κ2) is 6.58. The smallest absolute Gasteiger partial charge is 0.350 e. The molecule has 21 heavy (non-hydrogen) atoms. The van der Waals surface area contributed by atoms with Gasteiger partial charge in [-0.15, -0.1) is 11.3 Å². The minimum atomic E-state index is -0.434. The number of nitrogens with two attached hydrogens (primary N) is 1. The molecule has 0 saturated heterocycles. The molecule has 0 fully saturated rings. The molecule has 0 spiro atoms. The van der Waals surface area contributed by atoms with Crippen LogP contribution in [0.2, 0.25) is 0 Å². The van der Waals surface area contributed by atoms with E-state index in [-0.39, 0.29) is 5.82 Å². The summed E-state index contributed by atoms with van der Waals surface area (Å²) in [5.74, 6) is -0.775. The van der Waals surface area contributed by atoms with Crippen LogP contribution in [-0.4, -0.2) is 12.6 Å². The highest BCUT2D eigenvalue weighted by Gasteiger charge is 2.22. The topological polar surface area (TPSA) is 52.3 Å². The molecule has 0 bridgehead atoms. The summed E-state index contributed by atoms with van der Waals surface area (Å²) in [4.78, 5) is 13.1. The lowest BCUT2D eigenvalue weighted by Crippen LogP contribution is -2.05. The number of hydrogen-bond donors (Lipinski definition) is 1. The van der Waals surface area contributed by atoms with Crippen molar-refractivity contribution in [2.45, 2.75) is 20.3 Å². The van der Waals surface area contributed by atoms with Crippen LogP contribution in [0.15, 0.2) is 22.7 Å². The minimum absolute atomic E-state index is 0.290. The van der Waals surface area contributed by atoms with Gasteiger partial charge in [0.2, 0.25) is 0 Å². The van der Waals surface area contributed by atoms with Crippen LogP contribution in [0, 0.1) is 5.82 Å². The zero-order valence-electron chi connectivity index (χ0n) is 11.7. The number of thiophene rings is 1. The maximum atomic E-state index is 13.6. The van der Waals surface area contributed by atoms with Gasteiger partial charge in [-0.05, 0) is 42.7 Å². The number of ether oxygens (including phenoxy) is 1. The molecular formula is C15H15BrFNO2S. The first-order chi connectivity index (χ1) is 9.97. The maximum Gasteiger partial charge on any atom is 0.350 e. The van der Waals surface area contributed by atoms with Gasteiger partial charge in [0.1, 0.15) is 10.7 Å². The Labute approximate surface area is 135 Å². The van der Waals surface area contributed by atoms with Crippen molar-refractivity contribution < 1.29 is 13.9 Å². The fourth-order valence-corrected chi connectivity index (χ4v) is 3.75. The van der Waals surface area contributed by atoms with Crippen LogP contribution in [0.3, 0.4) is 0 Å². The molecule has 6 heteroatoms. The van der Waals surface area contributed by atoms with E-state index in [9.17, 15) is 9.18 Å². The van der Waals surface area contributed by atoms with E-state index in [1.54, 1.807) is 6.92 Å². The molecule has 0 radical (unpaired) electrons. The van der Waals surface area contributed by atoms with Gasteiger partial charge in [-0.1, -0.05) is 22.9 Å². The molecule has 112 valence electrons. The van der Waals surface area contributed by atoms with Crippen molar-refractivity contribution in [1.82, 2.24) is 0 Å². The lowest BCUT2D eigenvalue weighted by Gasteiger charge is -2.04. The Morgan fingerprint density at radius 1 is 1.38 bits per heavy atom. The summed E-state index contributed by atoms with van der Waals surface area (Å²) in [6.45, 7) is 3.98. The molecular weight excluding hydrogens is 357 g/mol. The molecule has 0 unspecified atom stereocenters. The molecule has 0 saturated carbocycles. The molecule has 1 aromatic carbocycles. The van der Waals surface area contributed by atoms with Crippen molar-refractivity contribution in [1.29, 1.82) is 0 Å². The summed E-state index contributed by atoms with van der Waals surface area (Å²) in [6, 6.07) is 4.63. The van der Waals surface area contributed by atoms with E-state index in [4.69, 9.17) is 10.5 Å². The molecule has 0 atom stereocenters. The molecule has 3 nitrogen and oxygen atoms in total. The first-order valence-corrected chi connectivity index (χ1v) is 8.13. The number of nitrogen functional groups attached to an aromatic ring is 1. The van der Waals surface area contributed by atoms with Crippen molar-refractivity contribution >= 4 is 38.9 Å². The number of carbonyl (C=O) groups excluding carboxylic acids is 1. The van der Waals surface area contributed by atoms with Gasteiger partial charge < -0.3 is 10.5 Å². The fraction of sp³-hybridized carbons (Fsp3) is 0.267. The number of halogens is 2. The Kier molecular flexibility index (Phi) is 5.00. The highest BCUT2D eigenvalue weighted by atomic mass is 79.9. The predicted molar refractivity (Wildman–Crippen MR) is 87.2 cm³/mol. The Balaban J connectivity index is 2.58. The van der Waals surface area contributed by atoms with E-state index in [0.29, 0.717) is 33.6 Å². The largest absolute Gasteiger partial charge is 0.462 e. The van der Waals surface area contributed by atoms with Crippen LogP contribution in [0.4, 0.5) is 10.1 Å². The van der Waals surface area contributed by atoms with Gasteiger partial charge in [0.15, 0.2) is 0 Å². The van der Waals surface area contributed by atoms with E-state index in [2.05, 4.69) is 15.9 Å². The quantitative estimate of drug-likeness (QED) is 0.796. The second-order valence-corrected chi connectivity index (χ2v) is 6.32. The Bertz CT molecular complexity index is 664. The number of carbonyl (C=O) groups is 1. The molecule has 0 aliphatic carbocycles. The SMILES string of the molecule is CCOC(=O)c1sc(-c2cc(F)cc(Br)c2)c(CC)c1N. The predicted octanol–water partition coefficient (Wildman–Crippen LogP) is 4.64. The Morgan fingerprint density at radius 2 is 2.10 bits per heavy atom. The minimum Gasteiger partial charge on any atom is -0.462 e. The van der Waals surface area contributed by atoms with Crippen molar-refractivity contribution in [2.24, 2.45) is 0 Å². The monoisotopic (exact) mass is 371 g/mol. The van der Waals surface area contributed by atoms with Crippen LogP contribution in [0.5, 0.6) is 0 Å². The van der Waals surface area contributed by atoms with Gasteiger partial charge in [-0.25, -0.2) is 9.18 Å². The highest BCUT2D eigenvalue weighted by Crippen LogP contribution is 2.40. The molecule has 0 aliphatic rings. The molecule has 2 rings (SSSR count). The molecule has 0 aliphatic heterocycles. The first kappa shape index (κ1) is 16.0. The van der Waals surface area contributed by atoms with Crippen molar-refractivity contribution in [3.05, 3.63) is 38.9 Å². The van der Waals surface area contributed by atoms with Crippen LogP contribution in [0.25, 0.3) is 10.4 Å².